The number of hydrogen-bond donors (Lipinski definition) is 2. The Balaban J connectivity index is 2.20. The van der Waals surface area contributed by atoms with E-state index in [1.165, 1.54) is 6.92 Å². The summed E-state index contributed by atoms with van der Waals surface area (Å²) in [6.45, 7) is 1.44. The molecular weight excluding hydrogens is 268 g/mol. The highest BCUT2D eigenvalue weighted by atomic mass is 16.5. The fraction of sp³-hybridized carbons (Fsp3) is 0.125. The summed E-state index contributed by atoms with van der Waals surface area (Å²) in [5, 5.41) is 3.14. The zero-order chi connectivity index (χ0) is 15.2. The van der Waals surface area contributed by atoms with Gasteiger partial charge in [-0.2, -0.15) is 0 Å². The third-order valence-electron chi connectivity index (χ3n) is 2.88. The maximum Gasteiger partial charge on any atom is 0.341 e. The summed E-state index contributed by atoms with van der Waals surface area (Å²) in [5.74, 6) is -1.28. The molecule has 0 saturated carbocycles. The molecule has 3 N–H and O–H groups in total. The van der Waals surface area contributed by atoms with E-state index in [1.54, 1.807) is 24.3 Å². The van der Waals surface area contributed by atoms with Crippen molar-refractivity contribution in [3.8, 4) is 0 Å². The summed E-state index contributed by atoms with van der Waals surface area (Å²) < 4.78 is 5.02. The zero-order valence-electron chi connectivity index (χ0n) is 11.6. The highest BCUT2D eigenvalue weighted by Crippen LogP contribution is 2.21. The second-order valence-electron chi connectivity index (χ2n) is 4.49. The van der Waals surface area contributed by atoms with E-state index >= 15 is 0 Å². The predicted molar refractivity (Wildman–Crippen MR) is 80.2 cm³/mol. The van der Waals surface area contributed by atoms with Gasteiger partial charge in [0.25, 0.3) is 5.91 Å². The van der Waals surface area contributed by atoms with Crippen molar-refractivity contribution in [3.63, 3.8) is 0 Å². The van der Waals surface area contributed by atoms with Crippen LogP contribution in [0.5, 0.6) is 0 Å². The first kappa shape index (κ1) is 14.6. The Morgan fingerprint density at radius 1 is 1.05 bits per heavy atom. The molecule has 0 bridgehead atoms. The lowest BCUT2D eigenvalue weighted by Crippen LogP contribution is -2.30. The summed E-state index contributed by atoms with van der Waals surface area (Å²) >= 11 is 0. The molecule has 108 valence electrons. The largest absolute Gasteiger partial charge is 0.449 e. The van der Waals surface area contributed by atoms with Gasteiger partial charge in [-0.15, -0.1) is 0 Å². The molecule has 0 radical (unpaired) electrons. The van der Waals surface area contributed by atoms with E-state index in [4.69, 9.17) is 10.5 Å². The average Bonchev–Trinajstić information content (AvgIpc) is 2.48. The van der Waals surface area contributed by atoms with Crippen molar-refractivity contribution in [1.29, 1.82) is 0 Å². The Labute approximate surface area is 122 Å². The van der Waals surface area contributed by atoms with Crippen molar-refractivity contribution in [2.24, 2.45) is 5.73 Å². The molecule has 0 aliphatic carbocycles. The smallest absolute Gasteiger partial charge is 0.341 e. The Kier molecular flexibility index (Phi) is 4.56. The SMILES string of the molecule is C[C@@H](OC(=O)c1ccccc1Nc1ccccc1)C(N)=O. The van der Waals surface area contributed by atoms with Gasteiger partial charge in [-0.3, -0.25) is 4.79 Å². The van der Waals surface area contributed by atoms with E-state index in [0.717, 1.165) is 5.69 Å². The molecule has 0 saturated heterocycles. The Morgan fingerprint density at radius 3 is 2.33 bits per heavy atom. The van der Waals surface area contributed by atoms with Gasteiger partial charge in [0.05, 0.1) is 11.3 Å². The number of para-hydroxylation sites is 2. The number of rotatable bonds is 5. The van der Waals surface area contributed by atoms with Gasteiger partial charge >= 0.3 is 5.97 Å². The van der Waals surface area contributed by atoms with Crippen LogP contribution in [0.15, 0.2) is 54.6 Å². The third-order valence-corrected chi connectivity index (χ3v) is 2.88. The molecule has 5 heteroatoms. The van der Waals surface area contributed by atoms with E-state index in [-0.39, 0.29) is 0 Å². The minimum atomic E-state index is -0.970. The lowest BCUT2D eigenvalue weighted by molar-refractivity contribution is -0.125. The lowest BCUT2D eigenvalue weighted by Gasteiger charge is -2.13. The summed E-state index contributed by atoms with van der Waals surface area (Å²) in [4.78, 5) is 23.1. The number of nitrogens with one attached hydrogen (secondary N) is 1. The summed E-state index contributed by atoms with van der Waals surface area (Å²) in [6, 6.07) is 16.4. The second-order valence-corrected chi connectivity index (χ2v) is 4.49. The van der Waals surface area contributed by atoms with Crippen LogP contribution in [-0.2, 0) is 9.53 Å². The number of carbonyl (C=O) groups excluding carboxylic acids is 2. The van der Waals surface area contributed by atoms with Gasteiger partial charge in [0.2, 0.25) is 0 Å². The molecule has 21 heavy (non-hydrogen) atoms. The van der Waals surface area contributed by atoms with Crippen LogP contribution < -0.4 is 11.1 Å². The zero-order valence-corrected chi connectivity index (χ0v) is 11.6. The van der Waals surface area contributed by atoms with Gasteiger partial charge in [0.15, 0.2) is 6.10 Å². The fourth-order valence-electron chi connectivity index (χ4n) is 1.73. The van der Waals surface area contributed by atoms with E-state index in [1.807, 2.05) is 30.3 Å². The molecule has 1 atom stereocenters. The van der Waals surface area contributed by atoms with E-state index in [9.17, 15) is 9.59 Å². The number of ether oxygens (including phenoxy) is 1. The van der Waals surface area contributed by atoms with Gasteiger partial charge in [-0.25, -0.2) is 4.79 Å². The Morgan fingerprint density at radius 2 is 1.67 bits per heavy atom. The van der Waals surface area contributed by atoms with E-state index < -0.39 is 18.0 Å². The molecule has 0 fully saturated rings. The minimum Gasteiger partial charge on any atom is -0.449 e. The molecule has 0 aliphatic heterocycles. The number of nitrogens with two attached hydrogens (primary N) is 1. The van der Waals surface area contributed by atoms with E-state index in [2.05, 4.69) is 5.32 Å². The maximum atomic E-state index is 12.1. The molecule has 0 unspecified atom stereocenters. The van der Waals surface area contributed by atoms with E-state index in [0.29, 0.717) is 11.3 Å². The first-order valence-corrected chi connectivity index (χ1v) is 6.49. The second kappa shape index (κ2) is 6.56. The third kappa shape index (κ3) is 3.82. The van der Waals surface area contributed by atoms with Crippen LogP contribution in [0, 0.1) is 0 Å². The highest BCUT2D eigenvalue weighted by Gasteiger charge is 2.18. The lowest BCUT2D eigenvalue weighted by atomic mass is 10.1. The number of carbonyl (C=O) groups is 2. The van der Waals surface area contributed by atoms with Crippen LogP contribution in [-0.4, -0.2) is 18.0 Å². The number of hydrogen-bond acceptors (Lipinski definition) is 4. The van der Waals surface area contributed by atoms with Crippen LogP contribution in [0.25, 0.3) is 0 Å². The number of esters is 1. The summed E-state index contributed by atoms with van der Waals surface area (Å²) in [5.41, 5.74) is 6.88. The first-order chi connectivity index (χ1) is 10.1. The van der Waals surface area contributed by atoms with Crippen molar-refractivity contribution in [3.05, 3.63) is 60.2 Å². The van der Waals surface area contributed by atoms with Gasteiger partial charge in [-0.1, -0.05) is 30.3 Å². The molecule has 0 aromatic heterocycles. The molecule has 2 rings (SSSR count). The van der Waals surface area contributed by atoms with Gasteiger partial charge < -0.3 is 15.8 Å². The Hall–Kier alpha value is -2.82. The normalized spacial score (nSPS) is 11.5. The van der Waals surface area contributed by atoms with Crippen molar-refractivity contribution in [1.82, 2.24) is 0 Å². The molecule has 2 aromatic rings. The minimum absolute atomic E-state index is 0.342. The van der Waals surface area contributed by atoms with Crippen LogP contribution in [0.1, 0.15) is 17.3 Å². The molecule has 2 aromatic carbocycles. The number of amides is 1. The van der Waals surface area contributed by atoms with Crippen molar-refractivity contribution < 1.29 is 14.3 Å². The average molecular weight is 284 g/mol. The van der Waals surface area contributed by atoms with Crippen molar-refractivity contribution >= 4 is 23.3 Å². The van der Waals surface area contributed by atoms with Gasteiger partial charge in [0.1, 0.15) is 0 Å². The summed E-state index contributed by atoms with van der Waals surface area (Å²) in [6.07, 6.45) is -0.970. The topological polar surface area (TPSA) is 81.4 Å². The number of primary amides is 1. The standard InChI is InChI=1S/C16H16N2O3/c1-11(15(17)19)21-16(20)13-9-5-6-10-14(13)18-12-7-3-2-4-8-12/h2-11,18H,1H3,(H2,17,19)/t11-/m1/s1. The molecular formula is C16H16N2O3. The highest BCUT2D eigenvalue weighted by molar-refractivity contribution is 5.97. The molecule has 0 heterocycles. The monoisotopic (exact) mass is 284 g/mol. The molecule has 0 spiro atoms. The van der Waals surface area contributed by atoms with Crippen LogP contribution >= 0.6 is 0 Å². The van der Waals surface area contributed by atoms with Gasteiger partial charge in [-0.05, 0) is 31.2 Å². The predicted octanol–water partition coefficient (Wildman–Crippen LogP) is 2.46. The van der Waals surface area contributed by atoms with Crippen molar-refractivity contribution in [2.45, 2.75) is 13.0 Å². The molecule has 1 amide bonds. The quantitative estimate of drug-likeness (QED) is 0.826. The first-order valence-electron chi connectivity index (χ1n) is 6.49. The number of anilines is 2. The summed E-state index contributed by atoms with van der Waals surface area (Å²) in [7, 11) is 0. The van der Waals surface area contributed by atoms with Crippen molar-refractivity contribution in [2.75, 3.05) is 5.32 Å². The van der Waals surface area contributed by atoms with Crippen LogP contribution in [0.3, 0.4) is 0 Å². The molecule has 5 nitrogen and oxygen atoms in total. The maximum absolute atomic E-state index is 12.1. The van der Waals surface area contributed by atoms with Gasteiger partial charge in [0, 0.05) is 5.69 Å². The molecule has 0 aliphatic rings. The number of benzene rings is 2. The van der Waals surface area contributed by atoms with Crippen LogP contribution in [0.2, 0.25) is 0 Å². The fourth-order valence-corrected chi connectivity index (χ4v) is 1.73. The van der Waals surface area contributed by atoms with Crippen LogP contribution in [0.4, 0.5) is 11.4 Å². The Bertz CT molecular complexity index is 641.